The Kier molecular flexibility index (Phi) is 7.93. The summed E-state index contributed by atoms with van der Waals surface area (Å²) in [6, 6.07) is 0. The van der Waals surface area contributed by atoms with Crippen LogP contribution in [0, 0.1) is 10.8 Å². The third-order valence-corrected chi connectivity index (χ3v) is 4.48. The van der Waals surface area contributed by atoms with E-state index in [-0.39, 0.29) is 26.4 Å². The number of rotatable bonds is 8. The van der Waals surface area contributed by atoms with E-state index in [0.29, 0.717) is 19.3 Å². The predicted octanol–water partition coefficient (Wildman–Crippen LogP) is 0.965. The maximum Gasteiger partial charge on any atom is 0.302 e. The van der Waals surface area contributed by atoms with Crippen LogP contribution in [0.5, 0.6) is 0 Å². The molecule has 0 aromatic carbocycles. The van der Waals surface area contributed by atoms with Gasteiger partial charge in [0, 0.05) is 27.7 Å². The van der Waals surface area contributed by atoms with Gasteiger partial charge in [-0.1, -0.05) is 6.42 Å². The van der Waals surface area contributed by atoms with Gasteiger partial charge in [0.05, 0.1) is 10.8 Å². The highest BCUT2D eigenvalue weighted by Gasteiger charge is 2.56. The average molecular weight is 386 g/mol. The van der Waals surface area contributed by atoms with E-state index < -0.39 is 40.5 Å². The Morgan fingerprint density at radius 3 is 1.15 bits per heavy atom. The van der Waals surface area contributed by atoms with Gasteiger partial charge in [-0.25, -0.2) is 0 Å². The minimum Gasteiger partial charge on any atom is -0.465 e. The summed E-state index contributed by atoms with van der Waals surface area (Å²) in [5.41, 5.74) is -2.59. The number of hydrogen-bond acceptors (Lipinski definition) is 9. The first-order chi connectivity index (χ1) is 12.5. The van der Waals surface area contributed by atoms with Crippen molar-refractivity contribution in [1.29, 1.82) is 0 Å². The molecule has 0 unspecified atom stereocenters. The fourth-order valence-electron chi connectivity index (χ4n) is 3.15. The van der Waals surface area contributed by atoms with Crippen LogP contribution in [0.4, 0.5) is 0 Å². The molecule has 0 aromatic heterocycles. The summed E-state index contributed by atoms with van der Waals surface area (Å²) in [7, 11) is 0. The first-order valence-corrected chi connectivity index (χ1v) is 8.61. The van der Waals surface area contributed by atoms with Crippen LogP contribution < -0.4 is 0 Å². The van der Waals surface area contributed by atoms with Crippen molar-refractivity contribution in [3.05, 3.63) is 0 Å². The van der Waals surface area contributed by atoms with Gasteiger partial charge >= 0.3 is 23.9 Å². The van der Waals surface area contributed by atoms with Crippen LogP contribution in [-0.2, 0) is 42.9 Å². The summed E-state index contributed by atoms with van der Waals surface area (Å²) in [6.45, 7) is 3.70. The van der Waals surface area contributed by atoms with E-state index in [1.807, 2.05) is 0 Å². The quantitative estimate of drug-likeness (QED) is 0.443. The SMILES string of the molecule is CC(=O)OCC1(COC(C)=O)CCCC(COC(C)=O)(COC(C)=O)C1=O. The van der Waals surface area contributed by atoms with Gasteiger partial charge in [-0.15, -0.1) is 0 Å². The topological polar surface area (TPSA) is 122 Å². The lowest BCUT2D eigenvalue weighted by Crippen LogP contribution is -2.56. The predicted molar refractivity (Wildman–Crippen MR) is 90.3 cm³/mol. The second-order valence-electron chi connectivity index (χ2n) is 6.86. The first kappa shape index (κ1) is 22.6. The van der Waals surface area contributed by atoms with E-state index in [9.17, 15) is 24.0 Å². The lowest BCUT2D eigenvalue weighted by Gasteiger charge is -2.44. The van der Waals surface area contributed by atoms with E-state index in [4.69, 9.17) is 18.9 Å². The van der Waals surface area contributed by atoms with Crippen LogP contribution in [0.25, 0.3) is 0 Å². The van der Waals surface area contributed by atoms with E-state index in [1.54, 1.807) is 0 Å². The largest absolute Gasteiger partial charge is 0.465 e. The molecule has 0 aliphatic heterocycles. The van der Waals surface area contributed by atoms with Gasteiger partial charge in [0.1, 0.15) is 26.4 Å². The Bertz CT molecular complexity index is 522. The van der Waals surface area contributed by atoms with Gasteiger partial charge in [0.15, 0.2) is 5.78 Å². The van der Waals surface area contributed by atoms with Gasteiger partial charge in [0.2, 0.25) is 0 Å². The van der Waals surface area contributed by atoms with Crippen LogP contribution in [0.15, 0.2) is 0 Å². The fraction of sp³-hybridized carbons (Fsp3) is 0.722. The van der Waals surface area contributed by atoms with Crippen molar-refractivity contribution in [3.8, 4) is 0 Å². The Morgan fingerprint density at radius 2 is 0.926 bits per heavy atom. The van der Waals surface area contributed by atoms with E-state index in [1.165, 1.54) is 27.7 Å². The maximum atomic E-state index is 13.5. The smallest absolute Gasteiger partial charge is 0.302 e. The molecule has 0 heterocycles. The molecule has 27 heavy (non-hydrogen) atoms. The molecular weight excluding hydrogens is 360 g/mol. The van der Waals surface area contributed by atoms with Crippen LogP contribution in [0.1, 0.15) is 47.0 Å². The van der Waals surface area contributed by atoms with Gasteiger partial charge in [-0.3, -0.25) is 24.0 Å². The van der Waals surface area contributed by atoms with Crippen molar-refractivity contribution in [2.75, 3.05) is 26.4 Å². The van der Waals surface area contributed by atoms with Crippen LogP contribution in [-0.4, -0.2) is 56.1 Å². The highest BCUT2D eigenvalue weighted by Crippen LogP contribution is 2.44. The van der Waals surface area contributed by atoms with Crippen molar-refractivity contribution in [1.82, 2.24) is 0 Å². The summed E-state index contributed by atoms with van der Waals surface area (Å²) in [5.74, 6) is -2.75. The highest BCUT2D eigenvalue weighted by molar-refractivity contribution is 5.92. The Labute approximate surface area is 157 Å². The molecule has 9 nitrogen and oxygen atoms in total. The summed E-state index contributed by atoms with van der Waals surface area (Å²) >= 11 is 0. The Morgan fingerprint density at radius 1 is 0.667 bits per heavy atom. The summed E-state index contributed by atoms with van der Waals surface area (Å²) in [4.78, 5) is 58.6. The maximum absolute atomic E-state index is 13.5. The van der Waals surface area contributed by atoms with E-state index >= 15 is 0 Å². The second-order valence-corrected chi connectivity index (χ2v) is 6.86. The van der Waals surface area contributed by atoms with Crippen LogP contribution in [0.3, 0.4) is 0 Å². The molecule has 0 radical (unpaired) electrons. The van der Waals surface area contributed by atoms with E-state index in [0.717, 1.165) is 0 Å². The summed E-state index contributed by atoms with van der Waals surface area (Å²) < 4.78 is 20.3. The molecular formula is C18H26O9. The number of ketones is 1. The first-order valence-electron chi connectivity index (χ1n) is 8.61. The molecule has 152 valence electrons. The zero-order valence-electron chi connectivity index (χ0n) is 16.1. The average Bonchev–Trinajstić information content (AvgIpc) is 2.57. The molecule has 0 bridgehead atoms. The monoisotopic (exact) mass is 386 g/mol. The molecule has 1 aliphatic rings. The lowest BCUT2D eigenvalue weighted by molar-refractivity contribution is -0.173. The standard InChI is InChI=1S/C18H26O9/c1-12(19)24-8-17(9-25-13(2)20)6-5-7-18(16(17)23,10-26-14(3)21)11-27-15(4)22/h5-11H2,1-4H3. The fourth-order valence-corrected chi connectivity index (χ4v) is 3.15. The molecule has 1 rings (SSSR count). The van der Waals surface area contributed by atoms with Gasteiger partial charge < -0.3 is 18.9 Å². The molecule has 0 amide bonds. The number of carbonyl (C=O) groups excluding carboxylic acids is 5. The number of esters is 4. The van der Waals surface area contributed by atoms with Crippen molar-refractivity contribution < 1.29 is 42.9 Å². The van der Waals surface area contributed by atoms with Crippen LogP contribution in [0.2, 0.25) is 0 Å². The summed E-state index contributed by atoms with van der Waals surface area (Å²) in [6.07, 6.45) is 1.12. The zero-order chi connectivity index (χ0) is 20.7. The second kappa shape index (κ2) is 9.48. The molecule has 1 fully saturated rings. The van der Waals surface area contributed by atoms with Crippen molar-refractivity contribution in [2.45, 2.75) is 47.0 Å². The molecule has 0 saturated heterocycles. The molecule has 0 aromatic rings. The van der Waals surface area contributed by atoms with Gasteiger partial charge in [0.25, 0.3) is 0 Å². The number of hydrogen-bond donors (Lipinski definition) is 0. The Hall–Kier alpha value is -2.45. The molecule has 9 heteroatoms. The minimum absolute atomic E-state index is 0.281. The third-order valence-electron chi connectivity index (χ3n) is 4.48. The summed E-state index contributed by atoms with van der Waals surface area (Å²) in [5, 5.41) is 0. The number of Topliss-reactive ketones (excluding diaryl/α,β-unsaturated/α-hetero) is 1. The normalized spacial score (nSPS) is 17.6. The van der Waals surface area contributed by atoms with Gasteiger partial charge in [-0.05, 0) is 12.8 Å². The Balaban J connectivity index is 3.22. The van der Waals surface area contributed by atoms with E-state index in [2.05, 4.69) is 0 Å². The number of carbonyl (C=O) groups is 5. The van der Waals surface area contributed by atoms with Crippen molar-refractivity contribution in [3.63, 3.8) is 0 Å². The van der Waals surface area contributed by atoms with Crippen molar-refractivity contribution in [2.24, 2.45) is 10.8 Å². The molecule has 0 atom stereocenters. The van der Waals surface area contributed by atoms with Crippen molar-refractivity contribution >= 4 is 29.7 Å². The lowest BCUT2D eigenvalue weighted by atomic mass is 9.61. The highest BCUT2D eigenvalue weighted by atomic mass is 16.6. The van der Waals surface area contributed by atoms with Crippen LogP contribution >= 0.6 is 0 Å². The minimum atomic E-state index is -1.30. The molecule has 1 aliphatic carbocycles. The third kappa shape index (κ3) is 6.33. The molecule has 0 N–H and O–H groups in total. The molecule has 1 saturated carbocycles. The zero-order valence-corrected chi connectivity index (χ0v) is 16.1. The number of ether oxygens (including phenoxy) is 4. The molecule has 0 spiro atoms. The van der Waals surface area contributed by atoms with Gasteiger partial charge in [-0.2, -0.15) is 0 Å².